The average Bonchev–Trinajstić information content (AvgIpc) is 3.09. The fourth-order valence-corrected chi connectivity index (χ4v) is 5.02. The molecule has 0 aliphatic heterocycles. The molecule has 35 heavy (non-hydrogen) atoms. The molecule has 2 aromatic carbocycles. The van der Waals surface area contributed by atoms with E-state index in [-0.39, 0.29) is 11.0 Å². The first-order valence-corrected chi connectivity index (χ1v) is 12.5. The van der Waals surface area contributed by atoms with Gasteiger partial charge in [0.05, 0.1) is 5.56 Å². The van der Waals surface area contributed by atoms with Crippen LogP contribution in [-0.4, -0.2) is 20.9 Å². The fraction of sp³-hybridized carbons (Fsp3) is 0.310. The molecule has 1 N–H and O–H groups in total. The minimum Gasteiger partial charge on any atom is -0.423 e. The Hall–Kier alpha value is -3.12. The number of esters is 1. The van der Waals surface area contributed by atoms with Gasteiger partial charge in [0, 0.05) is 21.8 Å². The van der Waals surface area contributed by atoms with E-state index >= 15 is 0 Å². The number of fused-ring (bicyclic) bond motifs is 1. The first kappa shape index (κ1) is 25.0. The van der Waals surface area contributed by atoms with Crippen LogP contribution in [0.15, 0.2) is 71.3 Å². The zero-order chi connectivity index (χ0) is 25.4. The van der Waals surface area contributed by atoms with E-state index in [0.717, 1.165) is 39.2 Å². The van der Waals surface area contributed by atoms with E-state index in [2.05, 4.69) is 85.5 Å². The molecule has 6 heteroatoms. The maximum Gasteiger partial charge on any atom is 0.343 e. The third kappa shape index (κ3) is 6.12. The number of aromatic nitrogens is 2. The monoisotopic (exact) mass is 533 g/mol. The number of nitrogens with zero attached hydrogens (tertiary/aromatic N) is 2. The highest BCUT2D eigenvalue weighted by Crippen LogP contribution is 2.35. The molecule has 0 radical (unpaired) electrons. The number of benzene rings is 2. The van der Waals surface area contributed by atoms with Crippen molar-refractivity contribution >= 4 is 33.4 Å². The van der Waals surface area contributed by atoms with Crippen LogP contribution in [0.4, 0.5) is 5.82 Å². The Morgan fingerprint density at radius 3 is 2.40 bits per heavy atom. The number of imidazole rings is 1. The molecule has 4 aromatic rings. The Morgan fingerprint density at radius 2 is 1.74 bits per heavy atom. The Kier molecular flexibility index (Phi) is 6.78. The summed E-state index contributed by atoms with van der Waals surface area (Å²) in [6.07, 6.45) is 3.05. The summed E-state index contributed by atoms with van der Waals surface area (Å²) in [5.41, 5.74) is 4.38. The standard InChI is InChI=1S/C29H32BrN3O2/c1-19-14-15-33-24(16-19)31-25(26(33)32-29(5,6)18-28(2,3)4)20-10-12-23(13-11-20)35-27(34)21-8-7-9-22(30)17-21/h7-17,32H,18H2,1-6H3. The molecule has 0 amide bonds. The van der Waals surface area contributed by atoms with Gasteiger partial charge >= 0.3 is 5.97 Å². The van der Waals surface area contributed by atoms with Crippen molar-refractivity contribution in [1.82, 2.24) is 9.38 Å². The van der Waals surface area contributed by atoms with Gasteiger partial charge in [-0.1, -0.05) is 42.8 Å². The van der Waals surface area contributed by atoms with E-state index in [1.807, 2.05) is 36.4 Å². The lowest BCUT2D eigenvalue weighted by atomic mass is 9.82. The Labute approximate surface area is 215 Å². The number of ether oxygens (including phenoxy) is 1. The smallest absolute Gasteiger partial charge is 0.343 e. The predicted molar refractivity (Wildman–Crippen MR) is 146 cm³/mol. The predicted octanol–water partition coefficient (Wildman–Crippen LogP) is 7.92. The van der Waals surface area contributed by atoms with Gasteiger partial charge in [-0.05, 0) is 92.8 Å². The normalized spacial score (nSPS) is 12.1. The Balaban J connectivity index is 1.66. The molecule has 182 valence electrons. The number of carbonyl (C=O) groups excluding carboxylic acids is 1. The van der Waals surface area contributed by atoms with Gasteiger partial charge in [0.2, 0.25) is 0 Å². The first-order chi connectivity index (χ1) is 16.4. The van der Waals surface area contributed by atoms with Crippen LogP contribution in [0.5, 0.6) is 5.75 Å². The maximum atomic E-state index is 12.5. The number of rotatable bonds is 6. The number of hydrogen-bond donors (Lipinski definition) is 1. The van der Waals surface area contributed by atoms with Crippen LogP contribution >= 0.6 is 15.9 Å². The molecule has 0 fully saturated rings. The van der Waals surface area contributed by atoms with Gasteiger partial charge in [0.25, 0.3) is 0 Å². The fourth-order valence-electron chi connectivity index (χ4n) is 4.62. The SMILES string of the molecule is Cc1ccn2c(NC(C)(C)CC(C)(C)C)c(-c3ccc(OC(=O)c4cccc(Br)c4)cc3)nc2c1. The van der Waals surface area contributed by atoms with Crippen molar-refractivity contribution in [3.8, 4) is 17.0 Å². The molecule has 2 aromatic heterocycles. The van der Waals surface area contributed by atoms with Crippen LogP contribution in [0, 0.1) is 12.3 Å². The van der Waals surface area contributed by atoms with Crippen molar-refractivity contribution in [3.05, 3.63) is 82.5 Å². The van der Waals surface area contributed by atoms with Crippen LogP contribution < -0.4 is 10.1 Å². The number of nitrogens with one attached hydrogen (secondary N) is 1. The maximum absolute atomic E-state index is 12.5. The van der Waals surface area contributed by atoms with Crippen molar-refractivity contribution in [2.45, 2.75) is 53.5 Å². The van der Waals surface area contributed by atoms with Gasteiger partial charge in [-0.25, -0.2) is 9.78 Å². The minimum absolute atomic E-state index is 0.146. The average molecular weight is 534 g/mol. The summed E-state index contributed by atoms with van der Waals surface area (Å²) >= 11 is 3.39. The topological polar surface area (TPSA) is 55.6 Å². The highest BCUT2D eigenvalue weighted by Gasteiger charge is 2.28. The highest BCUT2D eigenvalue weighted by molar-refractivity contribution is 9.10. The summed E-state index contributed by atoms with van der Waals surface area (Å²) in [6, 6.07) is 18.8. The summed E-state index contributed by atoms with van der Waals surface area (Å²) in [5.74, 6) is 1.04. The summed E-state index contributed by atoms with van der Waals surface area (Å²) < 4.78 is 8.52. The van der Waals surface area contributed by atoms with Gasteiger partial charge in [0.15, 0.2) is 0 Å². The van der Waals surface area contributed by atoms with E-state index in [1.54, 1.807) is 12.1 Å². The number of pyridine rings is 1. The molecule has 0 bridgehead atoms. The molecule has 0 saturated heterocycles. The second kappa shape index (κ2) is 9.50. The van der Waals surface area contributed by atoms with E-state index in [1.165, 1.54) is 0 Å². The third-order valence-corrected chi connectivity index (χ3v) is 6.10. The first-order valence-electron chi connectivity index (χ1n) is 11.8. The lowest BCUT2D eigenvalue weighted by molar-refractivity contribution is 0.0734. The lowest BCUT2D eigenvalue weighted by Gasteiger charge is -2.34. The molecule has 0 spiro atoms. The lowest BCUT2D eigenvalue weighted by Crippen LogP contribution is -2.36. The second-order valence-corrected chi connectivity index (χ2v) is 11.8. The van der Waals surface area contributed by atoms with Crippen molar-refractivity contribution in [3.63, 3.8) is 0 Å². The highest BCUT2D eigenvalue weighted by atomic mass is 79.9. The summed E-state index contributed by atoms with van der Waals surface area (Å²) in [5, 5.41) is 3.77. The van der Waals surface area contributed by atoms with Gasteiger partial charge in [-0.2, -0.15) is 0 Å². The molecule has 4 rings (SSSR count). The van der Waals surface area contributed by atoms with Crippen LogP contribution in [0.1, 0.15) is 57.0 Å². The number of halogens is 1. The summed E-state index contributed by atoms with van der Waals surface area (Å²) in [6.45, 7) is 13.3. The van der Waals surface area contributed by atoms with Gasteiger partial charge < -0.3 is 10.1 Å². The van der Waals surface area contributed by atoms with Crippen LogP contribution in [0.3, 0.4) is 0 Å². The van der Waals surface area contributed by atoms with Crippen molar-refractivity contribution in [1.29, 1.82) is 0 Å². The van der Waals surface area contributed by atoms with Gasteiger partial charge in [0.1, 0.15) is 22.9 Å². The molecule has 0 atom stereocenters. The summed E-state index contributed by atoms with van der Waals surface area (Å²) in [4.78, 5) is 17.5. The van der Waals surface area contributed by atoms with Gasteiger partial charge in [-0.3, -0.25) is 4.40 Å². The number of hydrogen-bond acceptors (Lipinski definition) is 4. The molecule has 2 heterocycles. The second-order valence-electron chi connectivity index (χ2n) is 10.9. The molecular weight excluding hydrogens is 502 g/mol. The molecular formula is C29H32BrN3O2. The largest absolute Gasteiger partial charge is 0.423 e. The molecule has 5 nitrogen and oxygen atoms in total. The zero-order valence-electron chi connectivity index (χ0n) is 21.1. The number of anilines is 1. The Morgan fingerprint density at radius 1 is 1.03 bits per heavy atom. The third-order valence-electron chi connectivity index (χ3n) is 5.61. The molecule has 0 aliphatic carbocycles. The number of carbonyl (C=O) groups is 1. The Bertz CT molecular complexity index is 1370. The van der Waals surface area contributed by atoms with Crippen LogP contribution in [0.2, 0.25) is 0 Å². The summed E-state index contributed by atoms with van der Waals surface area (Å²) in [7, 11) is 0. The number of aryl methyl sites for hydroxylation is 1. The molecule has 0 saturated carbocycles. The van der Waals surface area contributed by atoms with E-state index in [0.29, 0.717) is 11.3 Å². The van der Waals surface area contributed by atoms with E-state index in [9.17, 15) is 4.79 Å². The van der Waals surface area contributed by atoms with Crippen molar-refractivity contribution in [2.24, 2.45) is 5.41 Å². The van der Waals surface area contributed by atoms with Crippen molar-refractivity contribution < 1.29 is 9.53 Å². The van der Waals surface area contributed by atoms with Crippen molar-refractivity contribution in [2.75, 3.05) is 5.32 Å². The van der Waals surface area contributed by atoms with E-state index in [4.69, 9.17) is 9.72 Å². The quantitative estimate of drug-likeness (QED) is 0.202. The molecule has 0 aliphatic rings. The minimum atomic E-state index is -0.395. The van der Waals surface area contributed by atoms with Gasteiger partial charge in [-0.15, -0.1) is 0 Å². The zero-order valence-corrected chi connectivity index (χ0v) is 22.7. The van der Waals surface area contributed by atoms with Crippen LogP contribution in [0.25, 0.3) is 16.9 Å². The van der Waals surface area contributed by atoms with Crippen LogP contribution in [-0.2, 0) is 0 Å². The molecule has 0 unspecified atom stereocenters. The van der Waals surface area contributed by atoms with E-state index < -0.39 is 5.97 Å².